The van der Waals surface area contributed by atoms with Gasteiger partial charge >= 0.3 is 5.97 Å². The molecule has 0 spiro atoms. The highest BCUT2D eigenvalue weighted by Gasteiger charge is 2.65. The van der Waals surface area contributed by atoms with Crippen molar-refractivity contribution in [1.29, 1.82) is 0 Å². The number of carbonyl (C=O) groups excluding carboxylic acids is 1. The van der Waals surface area contributed by atoms with Crippen molar-refractivity contribution in [2.75, 3.05) is 5.32 Å². The van der Waals surface area contributed by atoms with Gasteiger partial charge in [-0.25, -0.2) is 0 Å². The van der Waals surface area contributed by atoms with E-state index in [0.29, 0.717) is 10.7 Å². The van der Waals surface area contributed by atoms with Gasteiger partial charge in [0.2, 0.25) is 5.91 Å². The van der Waals surface area contributed by atoms with E-state index >= 15 is 0 Å². The average Bonchev–Trinajstić information content (AvgIpc) is 2.89. The molecule has 6 heteroatoms. The molecule has 0 aromatic heterocycles. The molecule has 1 aliphatic rings. The summed E-state index contributed by atoms with van der Waals surface area (Å²) in [5, 5.41) is 12.4. The highest BCUT2D eigenvalue weighted by molar-refractivity contribution is 9.10. The normalized spacial score (nSPS) is 23.2. The first-order valence-corrected chi connectivity index (χ1v) is 7.32. The lowest BCUT2D eigenvalue weighted by Gasteiger charge is -2.10. The molecule has 0 radical (unpaired) electrons. The van der Waals surface area contributed by atoms with E-state index in [2.05, 4.69) is 21.2 Å². The van der Waals surface area contributed by atoms with Crippen molar-refractivity contribution in [3.63, 3.8) is 0 Å². The summed E-state index contributed by atoms with van der Waals surface area (Å²) < 4.78 is 0.720. The lowest BCUT2D eigenvalue weighted by atomic mass is 10.1. The van der Waals surface area contributed by atoms with Crippen LogP contribution in [-0.2, 0) is 9.59 Å². The van der Waals surface area contributed by atoms with Crippen LogP contribution < -0.4 is 5.32 Å². The number of carbonyl (C=O) groups is 2. The van der Waals surface area contributed by atoms with Gasteiger partial charge in [-0.2, -0.15) is 0 Å². The summed E-state index contributed by atoms with van der Waals surface area (Å²) in [6.45, 7) is 5.43. The van der Waals surface area contributed by atoms with Crippen molar-refractivity contribution >= 4 is 45.1 Å². The molecule has 0 heterocycles. The molecule has 1 saturated carbocycles. The number of carboxylic acid groups (broad SMARTS) is 1. The van der Waals surface area contributed by atoms with Gasteiger partial charge in [-0.1, -0.05) is 25.4 Å². The molecule has 0 aliphatic heterocycles. The van der Waals surface area contributed by atoms with Gasteiger partial charge in [0.15, 0.2) is 0 Å². The van der Waals surface area contributed by atoms with Crippen LogP contribution in [0.25, 0.3) is 0 Å². The molecule has 1 fully saturated rings. The molecule has 2 rings (SSSR count). The van der Waals surface area contributed by atoms with E-state index in [9.17, 15) is 9.59 Å². The topological polar surface area (TPSA) is 66.4 Å². The van der Waals surface area contributed by atoms with Crippen LogP contribution >= 0.6 is 27.5 Å². The van der Waals surface area contributed by atoms with Gasteiger partial charge in [-0.05, 0) is 46.0 Å². The summed E-state index contributed by atoms with van der Waals surface area (Å²) in [5.74, 6) is -2.38. The second kappa shape index (κ2) is 5.04. The van der Waals surface area contributed by atoms with Crippen LogP contribution in [-0.4, -0.2) is 17.0 Å². The number of aliphatic carboxylic acids is 1. The summed E-state index contributed by atoms with van der Waals surface area (Å²) in [4.78, 5) is 23.3. The van der Waals surface area contributed by atoms with Crippen molar-refractivity contribution < 1.29 is 14.7 Å². The molecular formula is C14H15BrClNO3. The average molecular weight is 361 g/mol. The minimum Gasteiger partial charge on any atom is -0.481 e. The number of aryl methyl sites for hydroxylation is 1. The number of rotatable bonds is 3. The van der Waals surface area contributed by atoms with Crippen molar-refractivity contribution in [3.05, 3.63) is 27.2 Å². The zero-order valence-corrected chi connectivity index (χ0v) is 13.7. The quantitative estimate of drug-likeness (QED) is 0.863. The minimum atomic E-state index is -0.934. The van der Waals surface area contributed by atoms with Crippen molar-refractivity contribution in [1.82, 2.24) is 0 Å². The van der Waals surface area contributed by atoms with Gasteiger partial charge in [0.05, 0.1) is 17.5 Å². The monoisotopic (exact) mass is 359 g/mol. The molecule has 0 bridgehead atoms. The largest absolute Gasteiger partial charge is 0.481 e. The standard InChI is InChI=1S/C14H15BrClNO3/c1-6-4-7(15)9(5-8(6)16)17-12(18)10-11(13(19)20)14(10,2)3/h4-5,10-11H,1-3H3,(H,17,18)(H,19,20)/t10-,11+/m1/s1. The molecule has 4 nitrogen and oxygen atoms in total. The van der Waals surface area contributed by atoms with Crippen molar-refractivity contribution in [2.24, 2.45) is 17.3 Å². The van der Waals surface area contributed by atoms with Gasteiger partial charge in [-0.3, -0.25) is 9.59 Å². The van der Waals surface area contributed by atoms with Gasteiger partial charge in [0.25, 0.3) is 0 Å². The maximum absolute atomic E-state index is 12.2. The fraction of sp³-hybridized carbons (Fsp3) is 0.429. The van der Waals surface area contributed by atoms with E-state index in [-0.39, 0.29) is 5.91 Å². The summed E-state index contributed by atoms with van der Waals surface area (Å²) in [6, 6.07) is 3.47. The number of amides is 1. The molecule has 1 aliphatic carbocycles. The molecule has 1 amide bonds. The molecule has 108 valence electrons. The molecule has 2 N–H and O–H groups in total. The Morgan fingerprint density at radius 2 is 1.95 bits per heavy atom. The van der Waals surface area contributed by atoms with E-state index < -0.39 is 23.2 Å². The summed E-state index contributed by atoms with van der Waals surface area (Å²) in [6.07, 6.45) is 0. The third-order valence-corrected chi connectivity index (χ3v) is 4.95. The van der Waals surface area contributed by atoms with Gasteiger partial charge in [0.1, 0.15) is 0 Å². The van der Waals surface area contributed by atoms with Crippen LogP contribution in [0.5, 0.6) is 0 Å². The Bertz CT molecular complexity index is 600. The third kappa shape index (κ3) is 2.56. The van der Waals surface area contributed by atoms with E-state index in [1.807, 2.05) is 13.0 Å². The molecule has 2 atom stereocenters. The zero-order valence-electron chi connectivity index (χ0n) is 11.3. The number of anilines is 1. The maximum Gasteiger partial charge on any atom is 0.307 e. The Morgan fingerprint density at radius 3 is 2.45 bits per heavy atom. The predicted octanol–water partition coefficient (Wildman–Crippen LogP) is 3.71. The number of benzene rings is 1. The summed E-state index contributed by atoms with van der Waals surface area (Å²) in [5.41, 5.74) is 0.931. The molecule has 1 aromatic rings. The highest BCUT2D eigenvalue weighted by atomic mass is 79.9. The Kier molecular flexibility index (Phi) is 3.86. The van der Waals surface area contributed by atoms with Crippen LogP contribution in [0.15, 0.2) is 16.6 Å². The molecular weight excluding hydrogens is 346 g/mol. The smallest absolute Gasteiger partial charge is 0.307 e. The fourth-order valence-electron chi connectivity index (χ4n) is 2.54. The van der Waals surface area contributed by atoms with E-state index in [1.165, 1.54) is 0 Å². The van der Waals surface area contributed by atoms with Crippen LogP contribution in [0.1, 0.15) is 19.4 Å². The predicted molar refractivity (Wildman–Crippen MR) is 80.9 cm³/mol. The van der Waals surface area contributed by atoms with Crippen LogP contribution in [0.3, 0.4) is 0 Å². The Hall–Kier alpha value is -1.07. The molecule has 1 aromatic carbocycles. The lowest BCUT2D eigenvalue weighted by Crippen LogP contribution is -2.18. The van der Waals surface area contributed by atoms with Crippen LogP contribution in [0.2, 0.25) is 5.02 Å². The Balaban J connectivity index is 2.18. The number of halogens is 2. The first-order chi connectivity index (χ1) is 9.16. The van der Waals surface area contributed by atoms with Gasteiger partial charge < -0.3 is 10.4 Å². The summed E-state index contributed by atoms with van der Waals surface area (Å²) in [7, 11) is 0. The Morgan fingerprint density at radius 1 is 1.35 bits per heavy atom. The van der Waals surface area contributed by atoms with Crippen molar-refractivity contribution in [3.8, 4) is 0 Å². The number of hydrogen-bond acceptors (Lipinski definition) is 2. The number of hydrogen-bond donors (Lipinski definition) is 2. The molecule has 20 heavy (non-hydrogen) atoms. The number of nitrogens with one attached hydrogen (secondary N) is 1. The zero-order chi connectivity index (χ0) is 15.2. The van der Waals surface area contributed by atoms with E-state index in [4.69, 9.17) is 16.7 Å². The van der Waals surface area contributed by atoms with Crippen LogP contribution in [0.4, 0.5) is 5.69 Å². The Labute approximate surface area is 130 Å². The SMILES string of the molecule is Cc1cc(Br)c(NC(=O)[C@H]2[C@@H](C(=O)O)C2(C)C)cc1Cl. The summed E-state index contributed by atoms with van der Waals surface area (Å²) >= 11 is 9.40. The second-order valence-electron chi connectivity index (χ2n) is 5.69. The highest BCUT2D eigenvalue weighted by Crippen LogP contribution is 2.58. The maximum atomic E-state index is 12.2. The van der Waals surface area contributed by atoms with Crippen molar-refractivity contribution in [2.45, 2.75) is 20.8 Å². The minimum absolute atomic E-state index is 0.289. The van der Waals surface area contributed by atoms with E-state index in [1.54, 1.807) is 19.9 Å². The fourth-order valence-corrected chi connectivity index (χ4v) is 3.26. The first-order valence-electron chi connectivity index (χ1n) is 6.15. The van der Waals surface area contributed by atoms with Gasteiger partial charge in [0, 0.05) is 9.50 Å². The second-order valence-corrected chi connectivity index (χ2v) is 6.95. The third-order valence-electron chi connectivity index (χ3n) is 3.88. The number of carboxylic acids is 1. The molecule has 0 saturated heterocycles. The molecule has 0 unspecified atom stereocenters. The first kappa shape index (κ1) is 15.3. The van der Waals surface area contributed by atoms with E-state index in [0.717, 1.165) is 10.0 Å². The van der Waals surface area contributed by atoms with Crippen LogP contribution in [0, 0.1) is 24.2 Å². The lowest BCUT2D eigenvalue weighted by molar-refractivity contribution is -0.140. The van der Waals surface area contributed by atoms with Gasteiger partial charge in [-0.15, -0.1) is 0 Å².